The summed E-state index contributed by atoms with van der Waals surface area (Å²) in [6, 6.07) is 5.74. The molecule has 0 saturated carbocycles. The highest BCUT2D eigenvalue weighted by atomic mass is 16.5. The number of nitrogens with zero attached hydrogens (tertiary/aromatic N) is 3. The van der Waals surface area contributed by atoms with Crippen LogP contribution >= 0.6 is 0 Å². The molecular formula is C19H25N3O4. The van der Waals surface area contributed by atoms with Crippen molar-refractivity contribution in [2.75, 3.05) is 20.8 Å². The standard InChI is InChI=1S/C19H25N3O4/c1-12(2)8-17-20-16(21-26-17)10-22(3)19(23)14-9-13-6-5-7-15(24-4)18(13)25-11-14/h5-7,12,14H,8-11H2,1-4H3/t14-/m1/s1. The zero-order valence-electron chi connectivity index (χ0n) is 15.7. The Hall–Kier alpha value is -2.57. The number of rotatable bonds is 6. The summed E-state index contributed by atoms with van der Waals surface area (Å²) < 4.78 is 16.4. The number of amides is 1. The van der Waals surface area contributed by atoms with E-state index >= 15 is 0 Å². The Morgan fingerprint density at radius 3 is 2.96 bits per heavy atom. The van der Waals surface area contributed by atoms with Gasteiger partial charge in [-0.1, -0.05) is 31.1 Å². The number of fused-ring (bicyclic) bond motifs is 1. The Bertz CT molecular complexity index is 772. The second-order valence-electron chi connectivity index (χ2n) is 7.06. The van der Waals surface area contributed by atoms with Gasteiger partial charge in [0.2, 0.25) is 11.8 Å². The van der Waals surface area contributed by atoms with Crippen LogP contribution in [0.5, 0.6) is 11.5 Å². The lowest BCUT2D eigenvalue weighted by Gasteiger charge is -2.28. The van der Waals surface area contributed by atoms with E-state index < -0.39 is 0 Å². The molecule has 1 atom stereocenters. The molecule has 0 unspecified atom stereocenters. The van der Waals surface area contributed by atoms with Gasteiger partial charge in [0.15, 0.2) is 17.3 Å². The van der Waals surface area contributed by atoms with Crippen LogP contribution in [0.2, 0.25) is 0 Å². The molecule has 1 amide bonds. The van der Waals surface area contributed by atoms with Gasteiger partial charge in [0, 0.05) is 13.5 Å². The van der Waals surface area contributed by atoms with E-state index in [0.29, 0.717) is 43.0 Å². The van der Waals surface area contributed by atoms with Crippen molar-refractivity contribution < 1.29 is 18.8 Å². The minimum Gasteiger partial charge on any atom is -0.493 e. The number of para-hydroxylation sites is 1. The number of benzene rings is 1. The molecule has 0 fully saturated rings. The monoisotopic (exact) mass is 359 g/mol. The number of carbonyl (C=O) groups is 1. The van der Waals surface area contributed by atoms with E-state index in [4.69, 9.17) is 14.0 Å². The number of carbonyl (C=O) groups excluding carboxylic acids is 1. The molecule has 3 rings (SSSR count). The van der Waals surface area contributed by atoms with Crippen LogP contribution < -0.4 is 9.47 Å². The third kappa shape index (κ3) is 3.98. The Kier molecular flexibility index (Phi) is 5.44. The molecule has 0 saturated heterocycles. The number of hydrogen-bond donors (Lipinski definition) is 0. The first-order valence-corrected chi connectivity index (χ1v) is 8.83. The molecule has 7 nitrogen and oxygen atoms in total. The highest BCUT2D eigenvalue weighted by Gasteiger charge is 2.30. The van der Waals surface area contributed by atoms with Crippen molar-refractivity contribution in [2.45, 2.75) is 33.2 Å². The number of aromatic nitrogens is 2. The third-order valence-electron chi connectivity index (χ3n) is 4.37. The summed E-state index contributed by atoms with van der Waals surface area (Å²) >= 11 is 0. The van der Waals surface area contributed by atoms with Crippen LogP contribution in [0, 0.1) is 11.8 Å². The van der Waals surface area contributed by atoms with Crippen LogP contribution in [0.15, 0.2) is 22.7 Å². The molecule has 0 aliphatic carbocycles. The lowest BCUT2D eigenvalue weighted by atomic mass is 9.95. The largest absolute Gasteiger partial charge is 0.493 e. The molecular weight excluding hydrogens is 334 g/mol. The van der Waals surface area contributed by atoms with E-state index in [1.54, 1.807) is 19.1 Å². The van der Waals surface area contributed by atoms with Gasteiger partial charge in [-0.25, -0.2) is 0 Å². The molecule has 7 heteroatoms. The molecule has 1 aliphatic heterocycles. The fourth-order valence-corrected chi connectivity index (χ4v) is 3.10. The summed E-state index contributed by atoms with van der Waals surface area (Å²) in [6.45, 7) is 4.84. The number of ether oxygens (including phenoxy) is 2. The van der Waals surface area contributed by atoms with Gasteiger partial charge in [0.1, 0.15) is 6.61 Å². The smallest absolute Gasteiger partial charge is 0.229 e. The van der Waals surface area contributed by atoms with E-state index in [-0.39, 0.29) is 11.8 Å². The molecule has 1 aromatic carbocycles. The molecule has 0 spiro atoms. The molecule has 140 valence electrons. The Morgan fingerprint density at radius 1 is 1.42 bits per heavy atom. The van der Waals surface area contributed by atoms with Crippen LogP contribution in [0.25, 0.3) is 0 Å². The van der Waals surface area contributed by atoms with Crippen molar-refractivity contribution >= 4 is 5.91 Å². The molecule has 2 aromatic rings. The second kappa shape index (κ2) is 7.76. The summed E-state index contributed by atoms with van der Waals surface area (Å²) in [6.07, 6.45) is 1.36. The van der Waals surface area contributed by atoms with Crippen molar-refractivity contribution in [2.24, 2.45) is 11.8 Å². The molecule has 1 aliphatic rings. The van der Waals surface area contributed by atoms with Crippen molar-refractivity contribution in [1.82, 2.24) is 15.0 Å². The van der Waals surface area contributed by atoms with E-state index in [0.717, 1.165) is 17.7 Å². The first-order chi connectivity index (χ1) is 12.5. The lowest BCUT2D eigenvalue weighted by molar-refractivity contribution is -0.136. The normalized spacial score (nSPS) is 16.1. The fourth-order valence-electron chi connectivity index (χ4n) is 3.10. The topological polar surface area (TPSA) is 77.7 Å². The second-order valence-corrected chi connectivity index (χ2v) is 7.06. The maximum absolute atomic E-state index is 12.8. The summed E-state index contributed by atoms with van der Waals surface area (Å²) in [7, 11) is 3.37. The van der Waals surface area contributed by atoms with E-state index in [2.05, 4.69) is 24.0 Å². The predicted molar refractivity (Wildman–Crippen MR) is 95.0 cm³/mol. The van der Waals surface area contributed by atoms with Gasteiger partial charge in [-0.3, -0.25) is 4.79 Å². The maximum atomic E-state index is 12.8. The fraction of sp³-hybridized carbons (Fsp3) is 0.526. The van der Waals surface area contributed by atoms with Crippen LogP contribution in [0.4, 0.5) is 0 Å². The average molecular weight is 359 g/mol. The van der Waals surface area contributed by atoms with Gasteiger partial charge in [0.25, 0.3) is 0 Å². The van der Waals surface area contributed by atoms with Gasteiger partial charge in [-0.05, 0) is 24.0 Å². The molecule has 0 bridgehead atoms. The molecule has 26 heavy (non-hydrogen) atoms. The zero-order chi connectivity index (χ0) is 18.7. The van der Waals surface area contributed by atoms with Gasteiger partial charge in [-0.2, -0.15) is 4.98 Å². The summed E-state index contributed by atoms with van der Waals surface area (Å²) in [5.41, 5.74) is 0.987. The minimum atomic E-state index is -0.235. The Labute approximate surface area is 153 Å². The van der Waals surface area contributed by atoms with Crippen LogP contribution in [-0.4, -0.2) is 41.7 Å². The molecule has 1 aromatic heterocycles. The van der Waals surface area contributed by atoms with Crippen molar-refractivity contribution in [3.05, 3.63) is 35.5 Å². The number of hydrogen-bond acceptors (Lipinski definition) is 6. The minimum absolute atomic E-state index is 0.00804. The zero-order valence-corrected chi connectivity index (χ0v) is 15.7. The average Bonchev–Trinajstić information content (AvgIpc) is 3.05. The number of methoxy groups -OCH3 is 1. The maximum Gasteiger partial charge on any atom is 0.229 e. The molecule has 2 heterocycles. The van der Waals surface area contributed by atoms with Gasteiger partial charge < -0.3 is 18.9 Å². The van der Waals surface area contributed by atoms with Crippen molar-refractivity contribution in [1.29, 1.82) is 0 Å². The Balaban J connectivity index is 1.63. The predicted octanol–water partition coefficient (Wildman–Crippen LogP) is 2.49. The third-order valence-corrected chi connectivity index (χ3v) is 4.37. The molecule has 0 N–H and O–H groups in total. The van der Waals surface area contributed by atoms with Crippen LogP contribution in [0.1, 0.15) is 31.1 Å². The SMILES string of the molecule is COc1cccc2c1OC[C@H](C(=O)N(C)Cc1noc(CC(C)C)n1)C2. The van der Waals surface area contributed by atoms with Gasteiger partial charge in [-0.15, -0.1) is 0 Å². The van der Waals surface area contributed by atoms with E-state index in [9.17, 15) is 4.79 Å². The van der Waals surface area contributed by atoms with Gasteiger partial charge in [0.05, 0.1) is 19.6 Å². The van der Waals surface area contributed by atoms with Crippen LogP contribution in [0.3, 0.4) is 0 Å². The quantitative estimate of drug-likeness (QED) is 0.788. The van der Waals surface area contributed by atoms with Crippen LogP contribution in [-0.2, 0) is 24.2 Å². The summed E-state index contributed by atoms with van der Waals surface area (Å²) in [5.74, 6) is 2.78. The lowest BCUT2D eigenvalue weighted by Crippen LogP contribution is -2.38. The van der Waals surface area contributed by atoms with E-state index in [1.807, 2.05) is 18.2 Å². The van der Waals surface area contributed by atoms with Crippen molar-refractivity contribution in [3.63, 3.8) is 0 Å². The van der Waals surface area contributed by atoms with E-state index in [1.165, 1.54) is 0 Å². The first kappa shape index (κ1) is 18.2. The summed E-state index contributed by atoms with van der Waals surface area (Å²) in [4.78, 5) is 18.8. The van der Waals surface area contributed by atoms with Gasteiger partial charge >= 0.3 is 0 Å². The summed E-state index contributed by atoms with van der Waals surface area (Å²) in [5, 5.41) is 3.97. The Morgan fingerprint density at radius 2 is 2.23 bits per heavy atom. The highest BCUT2D eigenvalue weighted by Crippen LogP contribution is 2.36. The first-order valence-electron chi connectivity index (χ1n) is 8.83. The highest BCUT2D eigenvalue weighted by molar-refractivity contribution is 5.79. The van der Waals surface area contributed by atoms with Crippen molar-refractivity contribution in [3.8, 4) is 11.5 Å². The molecule has 0 radical (unpaired) electrons.